The zero-order valence-electron chi connectivity index (χ0n) is 12.4. The number of pyridine rings is 2. The average molecular weight is 291 g/mol. The molecular weight excluding hydrogens is 274 g/mol. The van der Waals surface area contributed by atoms with Crippen molar-refractivity contribution in [1.82, 2.24) is 9.97 Å². The molecule has 0 amide bonds. The topological polar surface area (TPSA) is 47.0 Å². The van der Waals surface area contributed by atoms with Crippen LogP contribution >= 0.6 is 0 Å². The maximum Gasteiger partial charge on any atom is 0.126 e. The largest absolute Gasteiger partial charge is 0.497 e. The molecule has 4 nitrogen and oxygen atoms in total. The van der Waals surface area contributed by atoms with Gasteiger partial charge in [-0.3, -0.25) is 4.98 Å². The highest BCUT2D eigenvalue weighted by Gasteiger charge is 2.02. The summed E-state index contributed by atoms with van der Waals surface area (Å²) in [6.07, 6.45) is 1.77. The van der Waals surface area contributed by atoms with Crippen molar-refractivity contribution in [1.29, 1.82) is 0 Å². The van der Waals surface area contributed by atoms with Gasteiger partial charge in [-0.2, -0.15) is 0 Å². The minimum Gasteiger partial charge on any atom is -0.497 e. The van der Waals surface area contributed by atoms with Gasteiger partial charge in [0, 0.05) is 12.7 Å². The number of methoxy groups -OCH3 is 1. The third kappa shape index (κ3) is 3.41. The molecule has 0 spiro atoms. The number of anilines is 1. The third-order valence-electron chi connectivity index (χ3n) is 3.31. The van der Waals surface area contributed by atoms with Gasteiger partial charge in [-0.25, -0.2) is 4.98 Å². The predicted molar refractivity (Wildman–Crippen MR) is 87.8 cm³/mol. The maximum atomic E-state index is 5.16. The number of rotatable bonds is 5. The fourth-order valence-corrected chi connectivity index (χ4v) is 2.13. The zero-order valence-corrected chi connectivity index (χ0v) is 12.4. The smallest absolute Gasteiger partial charge is 0.126 e. The molecule has 0 unspecified atom stereocenters. The Balaban J connectivity index is 1.70. The Kier molecular flexibility index (Phi) is 4.30. The lowest BCUT2D eigenvalue weighted by atomic mass is 10.2. The monoisotopic (exact) mass is 291 g/mol. The van der Waals surface area contributed by atoms with Crippen LogP contribution in [-0.4, -0.2) is 17.1 Å². The van der Waals surface area contributed by atoms with Crippen molar-refractivity contribution in [2.45, 2.75) is 6.54 Å². The summed E-state index contributed by atoms with van der Waals surface area (Å²) in [6.45, 7) is 0.711. The third-order valence-corrected chi connectivity index (χ3v) is 3.31. The number of hydrogen-bond donors (Lipinski definition) is 1. The van der Waals surface area contributed by atoms with Crippen LogP contribution in [0.25, 0.3) is 11.4 Å². The van der Waals surface area contributed by atoms with Gasteiger partial charge in [-0.05, 0) is 42.0 Å². The molecule has 0 bridgehead atoms. The van der Waals surface area contributed by atoms with Crippen LogP contribution in [0.15, 0.2) is 66.9 Å². The Morgan fingerprint density at radius 2 is 1.73 bits per heavy atom. The number of aromatic nitrogens is 2. The normalized spacial score (nSPS) is 10.2. The molecule has 0 aliphatic rings. The SMILES string of the molecule is COc1ccc(CNc2cccc(-c3ccccn3)n2)cc1. The van der Waals surface area contributed by atoms with Crippen molar-refractivity contribution in [2.24, 2.45) is 0 Å². The summed E-state index contributed by atoms with van der Waals surface area (Å²) in [6, 6.07) is 19.7. The summed E-state index contributed by atoms with van der Waals surface area (Å²) >= 11 is 0. The summed E-state index contributed by atoms with van der Waals surface area (Å²) in [5, 5.41) is 3.33. The van der Waals surface area contributed by atoms with Crippen molar-refractivity contribution in [3.05, 3.63) is 72.4 Å². The molecule has 1 N–H and O–H groups in total. The van der Waals surface area contributed by atoms with E-state index < -0.39 is 0 Å². The van der Waals surface area contributed by atoms with Gasteiger partial charge in [0.05, 0.1) is 18.5 Å². The van der Waals surface area contributed by atoms with Gasteiger partial charge < -0.3 is 10.1 Å². The molecule has 2 heterocycles. The van der Waals surface area contributed by atoms with E-state index in [0.29, 0.717) is 6.54 Å². The second-order valence-electron chi connectivity index (χ2n) is 4.82. The summed E-state index contributed by atoms with van der Waals surface area (Å²) in [5.41, 5.74) is 2.90. The molecule has 0 aliphatic heterocycles. The number of hydrogen-bond acceptors (Lipinski definition) is 4. The van der Waals surface area contributed by atoms with Gasteiger partial charge in [-0.15, -0.1) is 0 Å². The molecule has 0 aliphatic carbocycles. The lowest BCUT2D eigenvalue weighted by Gasteiger charge is -2.08. The molecule has 3 rings (SSSR count). The van der Waals surface area contributed by atoms with E-state index in [1.807, 2.05) is 60.7 Å². The molecule has 3 aromatic rings. The van der Waals surface area contributed by atoms with Crippen LogP contribution in [-0.2, 0) is 6.54 Å². The van der Waals surface area contributed by atoms with Gasteiger partial charge in [0.15, 0.2) is 0 Å². The molecule has 0 atom stereocenters. The first-order valence-electron chi connectivity index (χ1n) is 7.10. The zero-order chi connectivity index (χ0) is 15.2. The van der Waals surface area contributed by atoms with Crippen LogP contribution in [0.3, 0.4) is 0 Å². The molecule has 110 valence electrons. The highest BCUT2D eigenvalue weighted by Crippen LogP contribution is 2.17. The van der Waals surface area contributed by atoms with Crippen molar-refractivity contribution in [3.63, 3.8) is 0 Å². The summed E-state index contributed by atoms with van der Waals surface area (Å²) < 4.78 is 5.16. The van der Waals surface area contributed by atoms with Gasteiger partial charge in [0.25, 0.3) is 0 Å². The van der Waals surface area contributed by atoms with E-state index in [2.05, 4.69) is 15.3 Å². The number of nitrogens with zero attached hydrogens (tertiary/aromatic N) is 2. The van der Waals surface area contributed by atoms with Crippen LogP contribution in [0.4, 0.5) is 5.82 Å². The molecule has 2 aromatic heterocycles. The van der Waals surface area contributed by atoms with Crippen LogP contribution in [0.1, 0.15) is 5.56 Å². The number of nitrogens with one attached hydrogen (secondary N) is 1. The lowest BCUT2D eigenvalue weighted by molar-refractivity contribution is 0.414. The van der Waals surface area contributed by atoms with E-state index in [-0.39, 0.29) is 0 Å². The van der Waals surface area contributed by atoms with Gasteiger partial charge in [0.1, 0.15) is 11.6 Å². The molecule has 1 aromatic carbocycles. The summed E-state index contributed by atoms with van der Waals surface area (Å²) in [5.74, 6) is 1.69. The lowest BCUT2D eigenvalue weighted by Crippen LogP contribution is -2.02. The maximum absolute atomic E-state index is 5.16. The van der Waals surface area contributed by atoms with Gasteiger partial charge >= 0.3 is 0 Å². The minimum absolute atomic E-state index is 0.711. The van der Waals surface area contributed by atoms with Crippen molar-refractivity contribution >= 4 is 5.82 Å². The van der Waals surface area contributed by atoms with E-state index in [9.17, 15) is 0 Å². The highest BCUT2D eigenvalue weighted by molar-refractivity contribution is 5.56. The van der Waals surface area contributed by atoms with E-state index in [1.54, 1.807) is 13.3 Å². The van der Waals surface area contributed by atoms with Gasteiger partial charge in [-0.1, -0.05) is 24.3 Å². The number of ether oxygens (including phenoxy) is 1. The van der Waals surface area contributed by atoms with E-state index in [0.717, 1.165) is 23.0 Å². The predicted octanol–water partition coefficient (Wildman–Crippen LogP) is 3.76. The highest BCUT2D eigenvalue weighted by atomic mass is 16.5. The fourth-order valence-electron chi connectivity index (χ4n) is 2.13. The molecule has 4 heteroatoms. The first-order valence-corrected chi connectivity index (χ1v) is 7.10. The fraction of sp³-hybridized carbons (Fsp3) is 0.111. The summed E-state index contributed by atoms with van der Waals surface area (Å²) in [4.78, 5) is 8.92. The Morgan fingerprint density at radius 1 is 0.909 bits per heavy atom. The summed E-state index contributed by atoms with van der Waals surface area (Å²) in [7, 11) is 1.67. The van der Waals surface area contributed by atoms with E-state index >= 15 is 0 Å². The second kappa shape index (κ2) is 6.72. The quantitative estimate of drug-likeness (QED) is 0.777. The average Bonchev–Trinajstić information content (AvgIpc) is 2.61. The first-order chi connectivity index (χ1) is 10.8. The van der Waals surface area contributed by atoms with Crippen molar-refractivity contribution < 1.29 is 4.74 Å². The van der Waals surface area contributed by atoms with Crippen LogP contribution in [0.2, 0.25) is 0 Å². The first kappa shape index (κ1) is 14.1. The molecule has 22 heavy (non-hydrogen) atoms. The Labute approximate surface area is 129 Å². The molecule has 0 fully saturated rings. The minimum atomic E-state index is 0.711. The second-order valence-corrected chi connectivity index (χ2v) is 4.82. The molecular formula is C18H17N3O. The Bertz CT molecular complexity index is 727. The van der Waals surface area contributed by atoms with Crippen molar-refractivity contribution in [2.75, 3.05) is 12.4 Å². The Hall–Kier alpha value is -2.88. The number of benzene rings is 1. The molecule has 0 saturated carbocycles. The van der Waals surface area contributed by atoms with Crippen LogP contribution in [0.5, 0.6) is 5.75 Å². The Morgan fingerprint density at radius 3 is 2.45 bits per heavy atom. The van der Waals surface area contributed by atoms with E-state index in [4.69, 9.17) is 4.74 Å². The standard InChI is InChI=1S/C18H17N3O/c1-22-15-10-8-14(9-11-15)13-20-18-7-4-6-17(21-18)16-5-2-3-12-19-16/h2-12H,13H2,1H3,(H,20,21). The van der Waals surface area contributed by atoms with Gasteiger partial charge in [0.2, 0.25) is 0 Å². The molecule has 0 radical (unpaired) electrons. The van der Waals surface area contributed by atoms with Crippen molar-refractivity contribution in [3.8, 4) is 17.1 Å². The van der Waals surface area contributed by atoms with E-state index in [1.165, 1.54) is 5.56 Å². The van der Waals surface area contributed by atoms with Crippen LogP contribution < -0.4 is 10.1 Å². The van der Waals surface area contributed by atoms with Crippen LogP contribution in [0, 0.1) is 0 Å². The molecule has 0 saturated heterocycles.